The second-order valence-electron chi connectivity index (χ2n) is 8.99. The third kappa shape index (κ3) is 4.76. The third-order valence-electron chi connectivity index (χ3n) is 4.00. The molecular formula is C19H23F5N2O4. The summed E-state index contributed by atoms with van der Waals surface area (Å²) in [6.45, 7) is 8.12. The van der Waals surface area contributed by atoms with Crippen molar-refractivity contribution in [3.8, 4) is 0 Å². The van der Waals surface area contributed by atoms with Crippen molar-refractivity contribution in [2.75, 3.05) is 13.1 Å². The van der Waals surface area contributed by atoms with Crippen LogP contribution in [0.4, 0.5) is 31.5 Å². The van der Waals surface area contributed by atoms with Gasteiger partial charge in [-0.25, -0.2) is 31.5 Å². The van der Waals surface area contributed by atoms with Crippen molar-refractivity contribution < 1.29 is 41.0 Å². The van der Waals surface area contributed by atoms with Gasteiger partial charge >= 0.3 is 12.2 Å². The fraction of sp³-hybridized carbons (Fsp3) is 0.579. The maximum atomic E-state index is 14.5. The van der Waals surface area contributed by atoms with E-state index in [4.69, 9.17) is 9.47 Å². The van der Waals surface area contributed by atoms with Crippen LogP contribution in [0.25, 0.3) is 0 Å². The standard InChI is InChI=1S/C19H23F5N2O4/c1-17(2,3)29-15(27)25-19(7-26(8-19)16(28)30-18(4,5)6)9-10(20)12(22)14(24)13(23)11(9)21/h7-8H2,1-6H3,(H,25,27). The van der Waals surface area contributed by atoms with Crippen LogP contribution in [-0.4, -0.2) is 41.4 Å². The van der Waals surface area contributed by atoms with Gasteiger partial charge in [0, 0.05) is 0 Å². The van der Waals surface area contributed by atoms with Crippen LogP contribution in [0, 0.1) is 29.1 Å². The highest BCUT2D eigenvalue weighted by atomic mass is 19.2. The van der Waals surface area contributed by atoms with Crippen LogP contribution in [0.5, 0.6) is 0 Å². The maximum Gasteiger partial charge on any atom is 0.410 e. The van der Waals surface area contributed by atoms with Gasteiger partial charge in [0.25, 0.3) is 0 Å². The maximum absolute atomic E-state index is 14.5. The zero-order chi connectivity index (χ0) is 23.2. The average molecular weight is 438 g/mol. The lowest BCUT2D eigenvalue weighted by Crippen LogP contribution is -2.70. The van der Waals surface area contributed by atoms with Crippen molar-refractivity contribution in [1.29, 1.82) is 0 Å². The molecule has 1 aliphatic heterocycles. The fourth-order valence-electron chi connectivity index (χ4n) is 2.88. The molecule has 1 aromatic carbocycles. The molecule has 1 N–H and O–H groups in total. The lowest BCUT2D eigenvalue weighted by molar-refractivity contribution is -0.0251. The second kappa shape index (κ2) is 7.59. The van der Waals surface area contributed by atoms with Gasteiger partial charge in [-0.1, -0.05) is 0 Å². The average Bonchev–Trinajstić information content (AvgIpc) is 2.51. The molecule has 0 aliphatic carbocycles. The van der Waals surface area contributed by atoms with Gasteiger partial charge in [-0.05, 0) is 41.5 Å². The van der Waals surface area contributed by atoms with E-state index >= 15 is 0 Å². The molecule has 0 saturated carbocycles. The number of alkyl carbamates (subject to hydrolysis) is 1. The Morgan fingerprint density at radius 3 is 1.60 bits per heavy atom. The number of benzene rings is 1. The Hall–Kier alpha value is -2.59. The zero-order valence-electron chi connectivity index (χ0n) is 17.4. The van der Waals surface area contributed by atoms with Gasteiger partial charge < -0.3 is 19.7 Å². The van der Waals surface area contributed by atoms with E-state index in [0.29, 0.717) is 0 Å². The smallest absolute Gasteiger partial charge is 0.410 e. The molecule has 0 unspecified atom stereocenters. The van der Waals surface area contributed by atoms with E-state index in [2.05, 4.69) is 5.32 Å². The molecule has 0 spiro atoms. The summed E-state index contributed by atoms with van der Waals surface area (Å²) in [5.74, 6) is -10.9. The number of likely N-dealkylation sites (tertiary alicyclic amines) is 1. The Balaban J connectivity index is 2.46. The first kappa shape index (κ1) is 23.7. The number of rotatable bonds is 2. The van der Waals surface area contributed by atoms with E-state index in [-0.39, 0.29) is 0 Å². The second-order valence-corrected chi connectivity index (χ2v) is 8.99. The molecule has 1 saturated heterocycles. The minimum absolute atomic E-state index is 0.598. The molecular weight excluding hydrogens is 415 g/mol. The molecule has 1 fully saturated rings. The van der Waals surface area contributed by atoms with Gasteiger partial charge in [-0.15, -0.1) is 0 Å². The third-order valence-corrected chi connectivity index (χ3v) is 4.00. The normalized spacial score (nSPS) is 16.0. The molecule has 1 aromatic rings. The van der Waals surface area contributed by atoms with Gasteiger partial charge in [-0.2, -0.15) is 0 Å². The number of ether oxygens (including phenoxy) is 2. The van der Waals surface area contributed by atoms with Crippen LogP contribution < -0.4 is 5.32 Å². The summed E-state index contributed by atoms with van der Waals surface area (Å²) in [5, 5.41) is 2.16. The van der Waals surface area contributed by atoms with Gasteiger partial charge in [0.05, 0.1) is 18.7 Å². The van der Waals surface area contributed by atoms with E-state index in [0.717, 1.165) is 4.90 Å². The van der Waals surface area contributed by atoms with E-state index in [9.17, 15) is 31.5 Å². The van der Waals surface area contributed by atoms with Gasteiger partial charge in [0.15, 0.2) is 23.3 Å². The Bertz CT molecular complexity index is 842. The molecule has 0 aromatic heterocycles. The van der Waals surface area contributed by atoms with Crippen molar-refractivity contribution in [3.63, 3.8) is 0 Å². The molecule has 1 heterocycles. The summed E-state index contributed by atoms with van der Waals surface area (Å²) in [4.78, 5) is 25.4. The highest BCUT2D eigenvalue weighted by Crippen LogP contribution is 2.39. The first-order valence-electron chi connectivity index (χ1n) is 8.98. The van der Waals surface area contributed by atoms with Gasteiger partial charge in [-0.3, -0.25) is 0 Å². The zero-order valence-corrected chi connectivity index (χ0v) is 17.4. The molecule has 1 aliphatic rings. The van der Waals surface area contributed by atoms with E-state index in [1.165, 1.54) is 20.8 Å². The van der Waals surface area contributed by atoms with Crippen LogP contribution in [-0.2, 0) is 15.0 Å². The highest BCUT2D eigenvalue weighted by Gasteiger charge is 2.54. The monoisotopic (exact) mass is 438 g/mol. The Morgan fingerprint density at radius 2 is 1.20 bits per heavy atom. The first-order chi connectivity index (χ1) is 13.5. The molecule has 6 nitrogen and oxygen atoms in total. The number of nitrogens with zero attached hydrogens (tertiary/aromatic N) is 1. The highest BCUT2D eigenvalue weighted by molar-refractivity contribution is 5.73. The van der Waals surface area contributed by atoms with Crippen molar-refractivity contribution in [3.05, 3.63) is 34.6 Å². The molecule has 0 radical (unpaired) electrons. The number of carbonyl (C=O) groups is 2. The number of hydrogen-bond donors (Lipinski definition) is 1. The summed E-state index contributed by atoms with van der Waals surface area (Å²) < 4.78 is 80.1. The van der Waals surface area contributed by atoms with Crippen molar-refractivity contribution in [2.24, 2.45) is 0 Å². The van der Waals surface area contributed by atoms with Crippen LogP contribution in [0.15, 0.2) is 0 Å². The molecule has 30 heavy (non-hydrogen) atoms. The molecule has 2 rings (SSSR count). The van der Waals surface area contributed by atoms with Crippen LogP contribution >= 0.6 is 0 Å². The number of hydrogen-bond acceptors (Lipinski definition) is 4. The predicted molar refractivity (Wildman–Crippen MR) is 95.1 cm³/mol. The lowest BCUT2D eigenvalue weighted by atomic mass is 9.81. The lowest BCUT2D eigenvalue weighted by Gasteiger charge is -2.50. The number of amides is 2. The molecule has 168 valence electrons. The van der Waals surface area contributed by atoms with Crippen LogP contribution in [0.2, 0.25) is 0 Å². The molecule has 11 heteroatoms. The quantitative estimate of drug-likeness (QED) is 0.424. The topological polar surface area (TPSA) is 67.9 Å². The minimum atomic E-state index is -2.33. The Kier molecular flexibility index (Phi) is 5.99. The number of halogens is 5. The molecule has 0 bridgehead atoms. The largest absolute Gasteiger partial charge is 0.444 e. The number of carbonyl (C=O) groups excluding carboxylic acids is 2. The summed E-state index contributed by atoms with van der Waals surface area (Å²) in [6.07, 6.45) is -2.04. The van der Waals surface area contributed by atoms with Gasteiger partial charge in [0.2, 0.25) is 5.82 Å². The number of nitrogens with one attached hydrogen (secondary N) is 1. The summed E-state index contributed by atoms with van der Waals surface area (Å²) in [5.41, 5.74) is -5.26. The van der Waals surface area contributed by atoms with Crippen molar-refractivity contribution >= 4 is 12.2 Å². The van der Waals surface area contributed by atoms with E-state index < -0.39 is 76.7 Å². The fourth-order valence-corrected chi connectivity index (χ4v) is 2.88. The van der Waals surface area contributed by atoms with Crippen LogP contribution in [0.3, 0.4) is 0 Å². The van der Waals surface area contributed by atoms with Crippen LogP contribution in [0.1, 0.15) is 47.1 Å². The van der Waals surface area contributed by atoms with Crippen molar-refractivity contribution in [1.82, 2.24) is 10.2 Å². The van der Waals surface area contributed by atoms with E-state index in [1.54, 1.807) is 20.8 Å². The van der Waals surface area contributed by atoms with E-state index in [1.807, 2.05) is 0 Å². The SMILES string of the molecule is CC(C)(C)OC(=O)NC1(c2c(F)c(F)c(F)c(F)c2F)CN(C(=O)OC(C)(C)C)C1. The first-order valence-corrected chi connectivity index (χ1v) is 8.98. The summed E-state index contributed by atoms with van der Waals surface area (Å²) in [6, 6.07) is 0. The predicted octanol–water partition coefficient (Wildman–Crippen LogP) is 4.35. The molecule has 2 amide bonds. The summed E-state index contributed by atoms with van der Waals surface area (Å²) >= 11 is 0. The van der Waals surface area contributed by atoms with Crippen molar-refractivity contribution in [2.45, 2.75) is 58.3 Å². The summed E-state index contributed by atoms with van der Waals surface area (Å²) in [7, 11) is 0. The van der Waals surface area contributed by atoms with Gasteiger partial charge in [0.1, 0.15) is 16.7 Å². The Labute approximate surface area is 170 Å². The molecule has 0 atom stereocenters. The Morgan fingerprint density at radius 1 is 0.800 bits per heavy atom. The minimum Gasteiger partial charge on any atom is -0.444 e.